The summed E-state index contributed by atoms with van der Waals surface area (Å²) in [5.41, 5.74) is 0.980. The van der Waals surface area contributed by atoms with Gasteiger partial charge in [0.25, 0.3) is 0 Å². The molecule has 0 spiro atoms. The summed E-state index contributed by atoms with van der Waals surface area (Å²) in [7, 11) is -3.67. The van der Waals surface area contributed by atoms with Gasteiger partial charge < -0.3 is 5.11 Å². The second-order valence-corrected chi connectivity index (χ2v) is 5.59. The third kappa shape index (κ3) is 3.32. The fourth-order valence-corrected chi connectivity index (χ4v) is 2.63. The number of aliphatic hydroxyl groups is 1. The third-order valence-corrected chi connectivity index (χ3v) is 4.08. The number of benzene rings is 1. The lowest BCUT2D eigenvalue weighted by atomic mass is 10.2. The van der Waals surface area contributed by atoms with Gasteiger partial charge in [0.2, 0.25) is 5.87 Å². The lowest BCUT2D eigenvalue weighted by Crippen LogP contribution is -2.22. The SMILES string of the molecule is C=CCC[N+](=C=CO)S(=O)(=O)c1ccc(C)cc1. The van der Waals surface area contributed by atoms with E-state index in [1.165, 1.54) is 12.1 Å². The maximum absolute atomic E-state index is 12.2. The monoisotopic (exact) mass is 266 g/mol. The number of nitrogens with zero attached hydrogens (tertiary/aromatic N) is 1. The van der Waals surface area contributed by atoms with E-state index in [1.807, 2.05) is 6.92 Å². The molecule has 0 aliphatic heterocycles. The van der Waals surface area contributed by atoms with Crippen LogP contribution in [0.5, 0.6) is 0 Å². The highest BCUT2D eigenvalue weighted by molar-refractivity contribution is 7.85. The highest BCUT2D eigenvalue weighted by Crippen LogP contribution is 2.13. The minimum absolute atomic E-state index is 0.173. The van der Waals surface area contributed by atoms with Crippen LogP contribution in [-0.2, 0) is 10.0 Å². The van der Waals surface area contributed by atoms with E-state index in [9.17, 15) is 8.42 Å². The van der Waals surface area contributed by atoms with Gasteiger partial charge in [-0.2, -0.15) is 8.42 Å². The first kappa shape index (κ1) is 14.2. The lowest BCUT2D eigenvalue weighted by molar-refractivity contribution is -0.357. The molecule has 0 aliphatic carbocycles. The first-order valence-corrected chi connectivity index (χ1v) is 6.88. The third-order valence-electron chi connectivity index (χ3n) is 2.35. The molecule has 1 aromatic rings. The second-order valence-electron chi connectivity index (χ2n) is 3.73. The minimum Gasteiger partial charge on any atom is -0.502 e. The van der Waals surface area contributed by atoms with Crippen LogP contribution in [0.15, 0.2) is 48.1 Å². The van der Waals surface area contributed by atoms with Gasteiger partial charge >= 0.3 is 10.0 Å². The Balaban J connectivity index is 3.22. The van der Waals surface area contributed by atoms with Gasteiger partial charge in [-0.3, -0.25) is 0 Å². The lowest BCUT2D eigenvalue weighted by Gasteiger charge is -2.01. The van der Waals surface area contributed by atoms with Crippen LogP contribution in [0.4, 0.5) is 0 Å². The summed E-state index contributed by atoms with van der Waals surface area (Å²) < 4.78 is 25.4. The Hall–Kier alpha value is -1.84. The minimum atomic E-state index is -3.67. The Morgan fingerprint density at radius 2 is 2.00 bits per heavy atom. The van der Waals surface area contributed by atoms with Gasteiger partial charge in [0, 0.05) is 6.42 Å². The summed E-state index contributed by atoms with van der Waals surface area (Å²) in [4.78, 5) is 0.173. The smallest absolute Gasteiger partial charge is 0.403 e. The molecule has 5 heteroatoms. The van der Waals surface area contributed by atoms with Gasteiger partial charge in [0.05, 0.1) is 0 Å². The van der Waals surface area contributed by atoms with Crippen molar-refractivity contribution in [2.75, 3.05) is 6.54 Å². The zero-order valence-corrected chi connectivity index (χ0v) is 11.0. The molecule has 0 heterocycles. The van der Waals surface area contributed by atoms with E-state index < -0.39 is 10.0 Å². The average Bonchev–Trinajstić information content (AvgIpc) is 2.35. The Labute approximate surface area is 107 Å². The molecule has 4 nitrogen and oxygen atoms in total. The zero-order valence-electron chi connectivity index (χ0n) is 10.2. The molecule has 0 aromatic heterocycles. The quantitative estimate of drug-likeness (QED) is 0.384. The van der Waals surface area contributed by atoms with Gasteiger partial charge in [0.1, 0.15) is 4.90 Å². The van der Waals surface area contributed by atoms with Gasteiger partial charge in [-0.05, 0) is 19.1 Å². The van der Waals surface area contributed by atoms with Crippen molar-refractivity contribution >= 4 is 15.9 Å². The molecule has 0 atom stereocenters. The van der Waals surface area contributed by atoms with Crippen LogP contribution in [0.25, 0.3) is 0 Å². The van der Waals surface area contributed by atoms with Gasteiger partial charge in [0.15, 0.2) is 12.8 Å². The van der Waals surface area contributed by atoms with E-state index in [2.05, 4.69) is 12.4 Å². The maximum atomic E-state index is 12.2. The van der Waals surface area contributed by atoms with Crippen molar-refractivity contribution in [3.8, 4) is 0 Å². The molecule has 0 radical (unpaired) electrons. The molecule has 0 unspecified atom stereocenters. The Bertz CT molecular complexity index is 579. The highest BCUT2D eigenvalue weighted by atomic mass is 32.2. The van der Waals surface area contributed by atoms with Gasteiger partial charge in [-0.25, -0.2) is 0 Å². The van der Waals surface area contributed by atoms with Crippen molar-refractivity contribution in [1.29, 1.82) is 0 Å². The van der Waals surface area contributed by atoms with Crippen LogP contribution in [-0.4, -0.2) is 29.9 Å². The molecular weight excluding hydrogens is 250 g/mol. The van der Waals surface area contributed by atoms with Crippen LogP contribution < -0.4 is 0 Å². The first-order chi connectivity index (χ1) is 8.52. The summed E-state index contributed by atoms with van der Waals surface area (Å²) in [5.74, 6) is 2.30. The van der Waals surface area contributed by atoms with Crippen molar-refractivity contribution < 1.29 is 17.5 Å². The second kappa shape index (κ2) is 6.19. The van der Waals surface area contributed by atoms with E-state index in [0.717, 1.165) is 9.54 Å². The molecule has 0 saturated carbocycles. The van der Waals surface area contributed by atoms with Crippen molar-refractivity contribution in [2.24, 2.45) is 0 Å². The van der Waals surface area contributed by atoms with Crippen LogP contribution in [0, 0.1) is 6.92 Å². The molecule has 18 heavy (non-hydrogen) atoms. The summed E-state index contributed by atoms with van der Waals surface area (Å²) >= 11 is 0. The van der Waals surface area contributed by atoms with Crippen molar-refractivity contribution in [3.63, 3.8) is 0 Å². The molecule has 0 aliphatic rings. The number of aryl methyl sites for hydroxylation is 1. The molecule has 96 valence electrons. The predicted octanol–water partition coefficient (Wildman–Crippen LogP) is 2.01. The molecule has 0 amide bonds. The summed E-state index contributed by atoms with van der Waals surface area (Å²) in [6.45, 7) is 5.61. The average molecular weight is 266 g/mol. The standard InChI is InChI=1S/C13H15NO3S/c1-3-4-9-14(10-11-15)18(16,17)13-7-5-12(2)6-8-13/h3,5-8,11H,1,4,9H2,2H3/p+1. The molecule has 1 N–H and O–H groups in total. The van der Waals surface area contributed by atoms with Crippen LogP contribution in [0.1, 0.15) is 12.0 Å². The molecule has 0 fully saturated rings. The summed E-state index contributed by atoms with van der Waals surface area (Å²) in [6, 6.07) is 6.51. The van der Waals surface area contributed by atoms with E-state index in [0.29, 0.717) is 12.7 Å². The molecule has 0 saturated heterocycles. The van der Waals surface area contributed by atoms with Gasteiger partial charge in [-0.15, -0.1) is 6.58 Å². The topological polar surface area (TPSA) is 57.4 Å². The number of hydrogen-bond acceptors (Lipinski definition) is 3. The Morgan fingerprint density at radius 3 is 2.50 bits per heavy atom. The first-order valence-electron chi connectivity index (χ1n) is 5.44. The normalized spacial score (nSPS) is 10.5. The number of aliphatic hydroxyl groups excluding tert-OH is 1. The van der Waals surface area contributed by atoms with E-state index in [4.69, 9.17) is 5.11 Å². The molecular formula is C13H16NO3S+. The summed E-state index contributed by atoms with van der Waals surface area (Å²) in [6.07, 6.45) is 2.68. The number of sulfonamides is 1. The highest BCUT2D eigenvalue weighted by Gasteiger charge is 2.26. The zero-order chi connectivity index (χ0) is 13.6. The van der Waals surface area contributed by atoms with Crippen molar-refractivity contribution in [3.05, 3.63) is 48.7 Å². The van der Waals surface area contributed by atoms with Crippen LogP contribution in [0.2, 0.25) is 0 Å². The summed E-state index contributed by atoms with van der Waals surface area (Å²) in [5, 5.41) is 8.72. The number of hydrogen-bond donors (Lipinski definition) is 1. The van der Waals surface area contributed by atoms with Crippen molar-refractivity contribution in [2.45, 2.75) is 18.2 Å². The van der Waals surface area contributed by atoms with E-state index in [-0.39, 0.29) is 11.4 Å². The van der Waals surface area contributed by atoms with Crippen LogP contribution >= 0.6 is 0 Å². The van der Waals surface area contributed by atoms with E-state index in [1.54, 1.807) is 18.2 Å². The fraction of sp³-hybridized carbons (Fsp3) is 0.231. The Kier molecular flexibility index (Phi) is 4.89. The largest absolute Gasteiger partial charge is 0.502 e. The fourth-order valence-electron chi connectivity index (χ4n) is 1.36. The Morgan fingerprint density at radius 1 is 1.39 bits per heavy atom. The van der Waals surface area contributed by atoms with Crippen molar-refractivity contribution in [1.82, 2.24) is 0 Å². The maximum Gasteiger partial charge on any atom is 0.403 e. The van der Waals surface area contributed by atoms with E-state index >= 15 is 0 Å². The number of rotatable bonds is 5. The molecule has 0 bridgehead atoms. The van der Waals surface area contributed by atoms with Crippen LogP contribution in [0.3, 0.4) is 0 Å². The molecule has 1 rings (SSSR count). The predicted molar refractivity (Wildman–Crippen MR) is 70.5 cm³/mol. The molecule has 1 aromatic carbocycles. The van der Waals surface area contributed by atoms with Gasteiger partial charge in [-0.1, -0.05) is 27.8 Å².